The number of halogens is 1. The van der Waals surface area contributed by atoms with Crippen LogP contribution in [-0.2, 0) is 4.79 Å². The van der Waals surface area contributed by atoms with Crippen LogP contribution in [0, 0.1) is 11.8 Å². The molecule has 2 nitrogen and oxygen atoms in total. The highest BCUT2D eigenvalue weighted by molar-refractivity contribution is 9.09. The quantitative estimate of drug-likeness (QED) is 0.429. The maximum atomic E-state index is 12.2. The Hall–Kier alpha value is -0.0500. The zero-order valence-electron chi connectivity index (χ0n) is 12.5. The van der Waals surface area contributed by atoms with Crippen molar-refractivity contribution in [3.05, 3.63) is 0 Å². The Bertz CT molecular complexity index is 205. The standard InChI is InChI=1S/C15H30BrNO/c1-13(2)8-11-17(12-9-14(3)4)15(18)7-5-6-10-16/h13-14H,5-12H2,1-4H3. The molecule has 0 bridgehead atoms. The Morgan fingerprint density at radius 2 is 1.50 bits per heavy atom. The molecule has 0 fully saturated rings. The maximum Gasteiger partial charge on any atom is 0.222 e. The van der Waals surface area contributed by atoms with Crippen molar-refractivity contribution in [1.82, 2.24) is 4.90 Å². The summed E-state index contributed by atoms with van der Waals surface area (Å²) in [7, 11) is 0. The molecule has 0 aliphatic heterocycles. The van der Waals surface area contributed by atoms with E-state index in [-0.39, 0.29) is 0 Å². The molecule has 0 aromatic heterocycles. The molecule has 0 radical (unpaired) electrons. The van der Waals surface area contributed by atoms with E-state index in [9.17, 15) is 4.79 Å². The van der Waals surface area contributed by atoms with Gasteiger partial charge in [0.25, 0.3) is 0 Å². The molecule has 0 aromatic rings. The Morgan fingerprint density at radius 3 is 1.89 bits per heavy atom. The molecule has 0 atom stereocenters. The molecule has 0 aromatic carbocycles. The summed E-state index contributed by atoms with van der Waals surface area (Å²) in [6.07, 6.45) is 5.03. The van der Waals surface area contributed by atoms with Crippen molar-refractivity contribution in [2.45, 2.75) is 59.8 Å². The molecule has 18 heavy (non-hydrogen) atoms. The lowest BCUT2D eigenvalue weighted by molar-refractivity contribution is -0.131. The number of nitrogens with zero attached hydrogens (tertiary/aromatic N) is 1. The molecule has 0 heterocycles. The van der Waals surface area contributed by atoms with Crippen molar-refractivity contribution in [2.75, 3.05) is 18.4 Å². The number of hydrogen-bond donors (Lipinski definition) is 0. The zero-order chi connectivity index (χ0) is 14.0. The van der Waals surface area contributed by atoms with Crippen molar-refractivity contribution in [2.24, 2.45) is 11.8 Å². The van der Waals surface area contributed by atoms with Crippen molar-refractivity contribution >= 4 is 21.8 Å². The number of amides is 1. The molecule has 1 amide bonds. The molecule has 0 saturated carbocycles. The van der Waals surface area contributed by atoms with E-state index < -0.39 is 0 Å². The topological polar surface area (TPSA) is 20.3 Å². The summed E-state index contributed by atoms with van der Waals surface area (Å²) >= 11 is 3.41. The van der Waals surface area contributed by atoms with Crippen LogP contribution in [0.15, 0.2) is 0 Å². The minimum atomic E-state index is 0.345. The third kappa shape index (κ3) is 9.93. The van der Waals surface area contributed by atoms with Gasteiger partial charge in [0.05, 0.1) is 0 Å². The van der Waals surface area contributed by atoms with Crippen LogP contribution in [0.3, 0.4) is 0 Å². The molecule has 0 spiro atoms. The summed E-state index contributed by atoms with van der Waals surface area (Å²) in [5.74, 6) is 1.68. The van der Waals surface area contributed by atoms with Crippen LogP contribution in [-0.4, -0.2) is 29.2 Å². The first-order valence-corrected chi connectivity index (χ1v) is 8.43. The van der Waals surface area contributed by atoms with Gasteiger partial charge in [0, 0.05) is 24.8 Å². The van der Waals surface area contributed by atoms with Gasteiger partial charge in [-0.15, -0.1) is 0 Å². The minimum Gasteiger partial charge on any atom is -0.343 e. The lowest BCUT2D eigenvalue weighted by atomic mass is 10.1. The van der Waals surface area contributed by atoms with Gasteiger partial charge in [-0.2, -0.15) is 0 Å². The molecule has 0 saturated heterocycles. The van der Waals surface area contributed by atoms with Gasteiger partial charge >= 0.3 is 0 Å². The third-order valence-electron chi connectivity index (χ3n) is 3.08. The predicted octanol–water partition coefficient (Wildman–Crippen LogP) is 4.47. The first-order chi connectivity index (χ1) is 8.47. The van der Waals surface area contributed by atoms with Gasteiger partial charge in [-0.05, 0) is 37.5 Å². The molecular formula is C15H30BrNO. The number of unbranched alkanes of at least 4 members (excludes halogenated alkanes) is 1. The van der Waals surface area contributed by atoms with E-state index in [4.69, 9.17) is 0 Å². The van der Waals surface area contributed by atoms with E-state index in [2.05, 4.69) is 48.5 Å². The summed E-state index contributed by atoms with van der Waals surface area (Å²) in [6, 6.07) is 0. The average Bonchev–Trinajstić information content (AvgIpc) is 2.28. The van der Waals surface area contributed by atoms with E-state index in [1.54, 1.807) is 0 Å². The van der Waals surface area contributed by atoms with Crippen LogP contribution in [0.4, 0.5) is 0 Å². The van der Waals surface area contributed by atoms with Crippen molar-refractivity contribution in [3.8, 4) is 0 Å². The van der Waals surface area contributed by atoms with Crippen LogP contribution in [0.5, 0.6) is 0 Å². The molecule has 0 N–H and O–H groups in total. The van der Waals surface area contributed by atoms with Crippen molar-refractivity contribution in [1.29, 1.82) is 0 Å². The summed E-state index contributed by atoms with van der Waals surface area (Å²) in [4.78, 5) is 14.2. The number of hydrogen-bond acceptors (Lipinski definition) is 1. The molecule has 3 heteroatoms. The van der Waals surface area contributed by atoms with Gasteiger partial charge in [-0.1, -0.05) is 43.6 Å². The van der Waals surface area contributed by atoms with Gasteiger partial charge in [0.15, 0.2) is 0 Å². The van der Waals surface area contributed by atoms with Crippen LogP contribution < -0.4 is 0 Å². The first kappa shape index (κ1) is 17.9. The monoisotopic (exact) mass is 319 g/mol. The molecule has 0 aliphatic carbocycles. The smallest absolute Gasteiger partial charge is 0.222 e. The Labute approximate surface area is 122 Å². The number of alkyl halides is 1. The Kier molecular flexibility index (Phi) is 10.8. The fourth-order valence-corrected chi connectivity index (χ4v) is 2.11. The van der Waals surface area contributed by atoms with E-state index in [0.717, 1.165) is 44.1 Å². The second-order valence-corrected chi connectivity index (χ2v) is 6.68. The van der Waals surface area contributed by atoms with E-state index in [1.165, 1.54) is 0 Å². The molecule has 0 unspecified atom stereocenters. The third-order valence-corrected chi connectivity index (χ3v) is 3.64. The van der Waals surface area contributed by atoms with E-state index in [0.29, 0.717) is 24.2 Å². The van der Waals surface area contributed by atoms with E-state index >= 15 is 0 Å². The number of carbonyl (C=O) groups is 1. The second kappa shape index (κ2) is 10.8. The fourth-order valence-electron chi connectivity index (χ4n) is 1.72. The molecular weight excluding hydrogens is 290 g/mol. The predicted molar refractivity (Wildman–Crippen MR) is 83.1 cm³/mol. The SMILES string of the molecule is CC(C)CCN(CCC(C)C)C(=O)CCCCBr. The zero-order valence-corrected chi connectivity index (χ0v) is 14.1. The first-order valence-electron chi connectivity index (χ1n) is 7.31. The van der Waals surface area contributed by atoms with Crippen molar-refractivity contribution < 1.29 is 4.79 Å². The highest BCUT2D eigenvalue weighted by Crippen LogP contribution is 2.10. The van der Waals surface area contributed by atoms with Gasteiger partial charge in [-0.25, -0.2) is 0 Å². The average molecular weight is 320 g/mol. The normalized spacial score (nSPS) is 11.3. The molecule has 108 valence electrons. The van der Waals surface area contributed by atoms with Gasteiger partial charge in [0.1, 0.15) is 0 Å². The Morgan fingerprint density at radius 1 is 1.00 bits per heavy atom. The number of rotatable bonds is 10. The van der Waals surface area contributed by atoms with Crippen LogP contribution in [0.2, 0.25) is 0 Å². The summed E-state index contributed by atoms with van der Waals surface area (Å²) in [6.45, 7) is 10.7. The number of carbonyl (C=O) groups excluding carboxylic acids is 1. The van der Waals surface area contributed by atoms with Crippen LogP contribution >= 0.6 is 15.9 Å². The lowest BCUT2D eigenvalue weighted by Gasteiger charge is -2.24. The fraction of sp³-hybridized carbons (Fsp3) is 0.933. The van der Waals surface area contributed by atoms with Gasteiger partial charge in [0.2, 0.25) is 5.91 Å². The Balaban J connectivity index is 4.11. The van der Waals surface area contributed by atoms with Crippen molar-refractivity contribution in [3.63, 3.8) is 0 Å². The second-order valence-electron chi connectivity index (χ2n) is 5.89. The van der Waals surface area contributed by atoms with Crippen LogP contribution in [0.25, 0.3) is 0 Å². The van der Waals surface area contributed by atoms with Gasteiger partial charge in [-0.3, -0.25) is 4.79 Å². The molecule has 0 rings (SSSR count). The summed E-state index contributed by atoms with van der Waals surface area (Å²) in [5.41, 5.74) is 0. The highest BCUT2D eigenvalue weighted by Gasteiger charge is 2.13. The molecule has 0 aliphatic rings. The maximum absolute atomic E-state index is 12.2. The summed E-state index contributed by atoms with van der Waals surface area (Å²) < 4.78 is 0. The largest absolute Gasteiger partial charge is 0.343 e. The van der Waals surface area contributed by atoms with Gasteiger partial charge < -0.3 is 4.90 Å². The summed E-state index contributed by atoms with van der Waals surface area (Å²) in [5, 5.41) is 0.998. The lowest BCUT2D eigenvalue weighted by Crippen LogP contribution is -2.34. The van der Waals surface area contributed by atoms with E-state index in [1.807, 2.05) is 0 Å². The minimum absolute atomic E-state index is 0.345. The highest BCUT2D eigenvalue weighted by atomic mass is 79.9. The van der Waals surface area contributed by atoms with Crippen LogP contribution in [0.1, 0.15) is 59.8 Å².